The summed E-state index contributed by atoms with van der Waals surface area (Å²) >= 11 is 0. The van der Waals surface area contributed by atoms with Crippen molar-refractivity contribution in [3.05, 3.63) is 0 Å². The molecule has 0 bridgehead atoms. The van der Waals surface area contributed by atoms with Crippen molar-refractivity contribution in [2.75, 3.05) is 13.1 Å². The molecule has 3 nitrogen and oxygen atoms in total. The van der Waals surface area contributed by atoms with Crippen LogP contribution in [0.4, 0.5) is 13.2 Å². The summed E-state index contributed by atoms with van der Waals surface area (Å²) in [6, 6.07) is -0.616. The molecule has 1 rings (SSSR count). The summed E-state index contributed by atoms with van der Waals surface area (Å²) < 4.78 is 37.3. The van der Waals surface area contributed by atoms with Gasteiger partial charge in [-0.25, -0.2) is 0 Å². The maximum absolute atomic E-state index is 12.4. The van der Waals surface area contributed by atoms with E-state index in [0.29, 0.717) is 13.0 Å². The van der Waals surface area contributed by atoms with Crippen LogP contribution in [0.3, 0.4) is 0 Å². The summed E-state index contributed by atoms with van der Waals surface area (Å²) in [7, 11) is 0. The molecule has 2 atom stereocenters. The molecule has 0 saturated carbocycles. The number of likely N-dealkylation sites (tertiary alicyclic amines) is 1. The molecular weight excluding hydrogens is 209 g/mol. The van der Waals surface area contributed by atoms with Gasteiger partial charge in [-0.2, -0.15) is 13.2 Å². The van der Waals surface area contributed by atoms with Crippen molar-refractivity contribution in [2.24, 2.45) is 11.7 Å². The number of nitrogens with zero attached hydrogens (tertiary/aromatic N) is 1. The largest absolute Gasteiger partial charge is 0.393 e. The number of hydrogen-bond donors (Lipinski definition) is 1. The van der Waals surface area contributed by atoms with Gasteiger partial charge in [0.25, 0.3) is 0 Å². The molecule has 1 heterocycles. The van der Waals surface area contributed by atoms with Crippen LogP contribution in [0, 0.1) is 5.92 Å². The van der Waals surface area contributed by atoms with Crippen molar-refractivity contribution in [1.29, 1.82) is 0 Å². The number of rotatable bonds is 2. The minimum absolute atomic E-state index is 0.117. The number of carbonyl (C=O) groups excluding carboxylic acids is 1. The molecule has 6 heteroatoms. The Kier molecular flexibility index (Phi) is 3.59. The Bertz CT molecular complexity index is 242. The van der Waals surface area contributed by atoms with Crippen molar-refractivity contribution in [2.45, 2.75) is 32.0 Å². The molecule has 1 saturated heterocycles. The van der Waals surface area contributed by atoms with E-state index < -0.39 is 24.0 Å². The van der Waals surface area contributed by atoms with E-state index in [1.165, 1.54) is 4.90 Å². The van der Waals surface area contributed by atoms with Gasteiger partial charge in [0.1, 0.15) is 0 Å². The first-order chi connectivity index (χ1) is 6.82. The van der Waals surface area contributed by atoms with E-state index in [9.17, 15) is 18.0 Å². The van der Waals surface area contributed by atoms with Gasteiger partial charge in [0.2, 0.25) is 5.91 Å². The Morgan fingerprint density at radius 2 is 2.13 bits per heavy atom. The summed E-state index contributed by atoms with van der Waals surface area (Å²) in [5.74, 6) is -1.90. The highest BCUT2D eigenvalue weighted by Gasteiger charge is 2.42. The first-order valence-electron chi connectivity index (χ1n) is 4.92. The van der Waals surface area contributed by atoms with E-state index >= 15 is 0 Å². The van der Waals surface area contributed by atoms with Gasteiger partial charge >= 0.3 is 6.18 Å². The number of carbonyl (C=O) groups is 1. The quantitative estimate of drug-likeness (QED) is 0.764. The van der Waals surface area contributed by atoms with Gasteiger partial charge in [-0.05, 0) is 26.3 Å². The van der Waals surface area contributed by atoms with Gasteiger partial charge in [-0.1, -0.05) is 0 Å². The average Bonchev–Trinajstić information content (AvgIpc) is 2.15. The summed E-state index contributed by atoms with van der Waals surface area (Å²) in [5.41, 5.74) is 5.06. The molecule has 1 fully saturated rings. The van der Waals surface area contributed by atoms with E-state index in [1.54, 1.807) is 6.92 Å². The van der Waals surface area contributed by atoms with Crippen LogP contribution in [0.2, 0.25) is 0 Å². The lowest BCUT2D eigenvalue weighted by Crippen LogP contribution is -2.50. The summed E-state index contributed by atoms with van der Waals surface area (Å²) in [5, 5.41) is 0. The summed E-state index contributed by atoms with van der Waals surface area (Å²) in [6.45, 7) is 1.94. The average molecular weight is 224 g/mol. The number of halogens is 3. The minimum Gasteiger partial charge on any atom is -0.368 e. The van der Waals surface area contributed by atoms with Gasteiger partial charge < -0.3 is 5.73 Å². The lowest BCUT2D eigenvalue weighted by Gasteiger charge is -2.36. The lowest BCUT2D eigenvalue weighted by atomic mass is 9.96. The van der Waals surface area contributed by atoms with Crippen LogP contribution in [0.5, 0.6) is 0 Å². The molecule has 1 aliphatic heterocycles. The first-order valence-corrected chi connectivity index (χ1v) is 4.92. The van der Waals surface area contributed by atoms with Crippen LogP contribution < -0.4 is 5.73 Å². The van der Waals surface area contributed by atoms with Gasteiger partial charge in [-0.15, -0.1) is 0 Å². The predicted molar refractivity (Wildman–Crippen MR) is 49.0 cm³/mol. The number of primary amides is 1. The normalized spacial score (nSPS) is 26.3. The standard InChI is InChI=1S/C9H15F3N2O/c1-6(8(13)15)14-4-2-3-7(5-14)9(10,11)12/h6-7H,2-5H2,1H3,(H2,13,15)/t6-,7+/m0/s1. The second-order valence-corrected chi connectivity index (χ2v) is 3.95. The summed E-state index contributed by atoms with van der Waals surface area (Å²) in [6.07, 6.45) is -3.57. The molecule has 0 unspecified atom stereocenters. The molecule has 0 aliphatic carbocycles. The molecule has 88 valence electrons. The number of amides is 1. The number of hydrogen-bond acceptors (Lipinski definition) is 2. The number of alkyl halides is 3. The topological polar surface area (TPSA) is 46.3 Å². The smallest absolute Gasteiger partial charge is 0.368 e. The van der Waals surface area contributed by atoms with Gasteiger partial charge in [0, 0.05) is 6.54 Å². The molecule has 0 aromatic heterocycles. The molecule has 15 heavy (non-hydrogen) atoms. The lowest BCUT2D eigenvalue weighted by molar-refractivity contribution is -0.188. The molecule has 1 aliphatic rings. The molecule has 1 amide bonds. The fourth-order valence-corrected chi connectivity index (χ4v) is 1.81. The van der Waals surface area contributed by atoms with Crippen LogP contribution >= 0.6 is 0 Å². The fraction of sp³-hybridized carbons (Fsp3) is 0.889. The van der Waals surface area contributed by atoms with Crippen molar-refractivity contribution in [1.82, 2.24) is 4.90 Å². The first kappa shape index (κ1) is 12.3. The zero-order chi connectivity index (χ0) is 11.6. The van der Waals surface area contributed by atoms with Crippen LogP contribution in [0.15, 0.2) is 0 Å². The maximum atomic E-state index is 12.4. The van der Waals surface area contributed by atoms with Gasteiger partial charge in [0.05, 0.1) is 12.0 Å². The van der Waals surface area contributed by atoms with Crippen molar-refractivity contribution in [3.8, 4) is 0 Å². The Balaban J connectivity index is 2.60. The highest BCUT2D eigenvalue weighted by atomic mass is 19.4. The third-order valence-electron chi connectivity index (χ3n) is 2.88. The van der Waals surface area contributed by atoms with E-state index in [0.717, 1.165) is 0 Å². The molecule has 0 aromatic rings. The van der Waals surface area contributed by atoms with E-state index in [2.05, 4.69) is 0 Å². The molecule has 2 N–H and O–H groups in total. The third kappa shape index (κ3) is 3.09. The van der Waals surface area contributed by atoms with E-state index in [1.807, 2.05) is 0 Å². The zero-order valence-corrected chi connectivity index (χ0v) is 8.55. The highest BCUT2D eigenvalue weighted by Crippen LogP contribution is 2.33. The molecular formula is C9H15F3N2O. The van der Waals surface area contributed by atoms with Gasteiger partial charge in [-0.3, -0.25) is 9.69 Å². The van der Waals surface area contributed by atoms with Crippen LogP contribution in [0.25, 0.3) is 0 Å². The van der Waals surface area contributed by atoms with E-state index in [4.69, 9.17) is 5.73 Å². The van der Waals surface area contributed by atoms with Crippen LogP contribution in [-0.2, 0) is 4.79 Å². The monoisotopic (exact) mass is 224 g/mol. The Labute approximate surface area is 86.4 Å². The van der Waals surface area contributed by atoms with Gasteiger partial charge in [0.15, 0.2) is 0 Å². The maximum Gasteiger partial charge on any atom is 0.393 e. The second kappa shape index (κ2) is 4.38. The second-order valence-electron chi connectivity index (χ2n) is 3.95. The van der Waals surface area contributed by atoms with Crippen LogP contribution in [0.1, 0.15) is 19.8 Å². The number of nitrogens with two attached hydrogens (primary N) is 1. The van der Waals surface area contributed by atoms with Crippen molar-refractivity contribution >= 4 is 5.91 Å². The van der Waals surface area contributed by atoms with Crippen molar-refractivity contribution in [3.63, 3.8) is 0 Å². The Morgan fingerprint density at radius 3 is 2.60 bits per heavy atom. The van der Waals surface area contributed by atoms with Crippen molar-refractivity contribution < 1.29 is 18.0 Å². The van der Waals surface area contributed by atoms with Crippen LogP contribution in [-0.4, -0.2) is 36.1 Å². The molecule has 0 aromatic carbocycles. The highest BCUT2D eigenvalue weighted by molar-refractivity contribution is 5.79. The predicted octanol–water partition coefficient (Wildman–Crippen LogP) is 1.13. The Morgan fingerprint density at radius 1 is 1.53 bits per heavy atom. The third-order valence-corrected chi connectivity index (χ3v) is 2.88. The summed E-state index contributed by atoms with van der Waals surface area (Å²) in [4.78, 5) is 12.4. The SMILES string of the molecule is C[C@@H](C(N)=O)N1CCC[C@@H](C(F)(F)F)C1. The van der Waals surface area contributed by atoms with E-state index in [-0.39, 0.29) is 13.0 Å². The molecule has 0 spiro atoms. The zero-order valence-electron chi connectivity index (χ0n) is 8.55. The fourth-order valence-electron chi connectivity index (χ4n) is 1.81. The number of piperidine rings is 1. The minimum atomic E-state index is -4.17. The molecule has 0 radical (unpaired) electrons. The Hall–Kier alpha value is -0.780.